The Morgan fingerprint density at radius 2 is 0.889 bits per heavy atom. The van der Waals surface area contributed by atoms with Crippen molar-refractivity contribution in [1.82, 2.24) is 0 Å². The summed E-state index contributed by atoms with van der Waals surface area (Å²) in [5.74, 6) is 0. The second-order valence-corrected chi connectivity index (χ2v) is 21.5. The van der Waals surface area contributed by atoms with E-state index in [9.17, 15) is 0 Å². The van der Waals surface area contributed by atoms with Gasteiger partial charge in [0, 0.05) is 5.41 Å². The fourth-order valence-electron chi connectivity index (χ4n) is 15.0. The molecular formula is C72H50. The summed E-state index contributed by atoms with van der Waals surface area (Å²) >= 11 is 0. The van der Waals surface area contributed by atoms with E-state index in [-0.39, 0.29) is 5.41 Å². The van der Waals surface area contributed by atoms with Gasteiger partial charge in [0.25, 0.3) is 0 Å². The second kappa shape index (κ2) is 14.6. The number of hydrogen-bond donors (Lipinski definition) is 0. The van der Waals surface area contributed by atoms with E-state index in [0.717, 1.165) is 25.7 Å². The average Bonchev–Trinajstić information content (AvgIpc) is 4.01. The molecule has 0 nitrogen and oxygen atoms in total. The normalized spacial score (nSPS) is 17.9. The SMILES string of the molecule is CC1(C)C2=C(C=CCC2)c2ccc(-c3c4ccccc4c(-c4cccc(-c5cc6c(c7ccccc57)C5(C7=C(CCC=C7)c7ccccc75)c5c-6c6ccccc6c6ccccc56)c4)c4ccccc34)cc21. The van der Waals surface area contributed by atoms with Crippen LogP contribution in [0.5, 0.6) is 0 Å². The van der Waals surface area contributed by atoms with Crippen LogP contribution in [0, 0.1) is 0 Å². The maximum absolute atomic E-state index is 2.59. The Hall–Kier alpha value is -8.32. The second-order valence-electron chi connectivity index (χ2n) is 21.5. The molecule has 0 N–H and O–H groups in total. The number of hydrogen-bond acceptors (Lipinski definition) is 0. The molecule has 0 aromatic heterocycles. The third-order valence-electron chi connectivity index (χ3n) is 17.8. The summed E-state index contributed by atoms with van der Waals surface area (Å²) in [5.41, 5.74) is 24.4. The van der Waals surface area contributed by atoms with Gasteiger partial charge in [-0.3, -0.25) is 0 Å². The number of rotatable bonds is 3. The maximum atomic E-state index is 2.59. The standard InChI is InChI=1S/C72H50/c1-71(2)62-35-16-13-25-49(62)52-39-38-45(41-65(52)71)67-56-31-9-7-29-54(56)66(55-30-8-10-32-57(55)67)44-21-19-20-43(40-44)60-42-61-68-53-28-6-3-22-46(53)47-23-4-12-34-59(47)70(68)72(69(61)58-33-11-5-24-48(58)60)63-36-17-14-26-50(63)51-27-15-18-37-64(51)72/h3-14,17-26,28-34,36-42H,15-16,27,35H2,1-2H3. The first kappa shape index (κ1) is 40.4. The number of allylic oxidation sites excluding steroid dienone is 8. The van der Waals surface area contributed by atoms with Crippen LogP contribution in [-0.2, 0) is 10.8 Å². The van der Waals surface area contributed by atoms with Gasteiger partial charge in [-0.05, 0) is 192 Å². The van der Waals surface area contributed by atoms with Crippen LogP contribution in [0.1, 0.15) is 72.9 Å². The quantitative estimate of drug-likeness (QED) is 0.122. The molecule has 1 atom stereocenters. The van der Waals surface area contributed by atoms with Crippen LogP contribution in [0.2, 0.25) is 0 Å². The number of fused-ring (bicyclic) bond motifs is 20. The molecule has 0 fully saturated rings. The molecule has 16 rings (SSSR count). The van der Waals surface area contributed by atoms with Crippen molar-refractivity contribution in [3.8, 4) is 44.5 Å². The monoisotopic (exact) mass is 914 g/mol. The molecule has 0 amide bonds. The van der Waals surface area contributed by atoms with Gasteiger partial charge in [0.2, 0.25) is 0 Å². The fraction of sp³-hybridized carbons (Fsp3) is 0.111. The highest BCUT2D eigenvalue weighted by Gasteiger charge is 2.54. The molecular weight excluding hydrogens is 865 g/mol. The molecule has 0 saturated carbocycles. The molecule has 0 radical (unpaired) electrons. The molecule has 0 heterocycles. The van der Waals surface area contributed by atoms with Crippen molar-refractivity contribution < 1.29 is 0 Å². The highest BCUT2D eigenvalue weighted by Crippen LogP contribution is 2.68. The van der Waals surface area contributed by atoms with E-state index in [4.69, 9.17) is 0 Å². The molecule has 5 aliphatic rings. The summed E-state index contributed by atoms with van der Waals surface area (Å²) in [6, 6.07) is 74.8. The Morgan fingerprint density at radius 3 is 1.60 bits per heavy atom. The van der Waals surface area contributed by atoms with Crippen molar-refractivity contribution in [1.29, 1.82) is 0 Å². The van der Waals surface area contributed by atoms with Crippen molar-refractivity contribution in [2.24, 2.45) is 0 Å². The zero-order chi connectivity index (χ0) is 47.5. The highest BCUT2D eigenvalue weighted by atomic mass is 14.6. The summed E-state index contributed by atoms with van der Waals surface area (Å²) in [4.78, 5) is 0. The largest absolute Gasteiger partial charge is 0.0839 e. The van der Waals surface area contributed by atoms with Crippen LogP contribution in [0.3, 0.4) is 0 Å². The fourth-order valence-corrected chi connectivity index (χ4v) is 15.0. The van der Waals surface area contributed by atoms with Crippen LogP contribution in [0.15, 0.2) is 230 Å². The Morgan fingerprint density at radius 1 is 0.347 bits per heavy atom. The molecule has 1 unspecified atom stereocenters. The van der Waals surface area contributed by atoms with Crippen LogP contribution >= 0.6 is 0 Å². The van der Waals surface area contributed by atoms with Gasteiger partial charge in [-0.15, -0.1) is 0 Å². The van der Waals surface area contributed by atoms with Crippen LogP contribution in [-0.4, -0.2) is 0 Å². The molecule has 0 bridgehead atoms. The van der Waals surface area contributed by atoms with Crippen molar-refractivity contribution in [3.63, 3.8) is 0 Å². The Labute approximate surface area is 420 Å². The van der Waals surface area contributed by atoms with Crippen molar-refractivity contribution >= 4 is 65.0 Å². The summed E-state index contributed by atoms with van der Waals surface area (Å²) in [6.45, 7) is 4.87. The maximum Gasteiger partial charge on any atom is 0.0734 e. The van der Waals surface area contributed by atoms with Gasteiger partial charge in [-0.25, -0.2) is 0 Å². The first-order chi connectivity index (χ1) is 35.5. The third kappa shape index (κ3) is 5.12. The van der Waals surface area contributed by atoms with Crippen molar-refractivity contribution in [2.75, 3.05) is 0 Å². The average molecular weight is 915 g/mol. The summed E-state index contributed by atoms with van der Waals surface area (Å²) in [7, 11) is 0. The minimum atomic E-state index is -0.474. The van der Waals surface area contributed by atoms with E-state index < -0.39 is 5.41 Å². The number of benzene rings is 11. The van der Waals surface area contributed by atoms with Gasteiger partial charge < -0.3 is 0 Å². The molecule has 338 valence electrons. The molecule has 0 aliphatic heterocycles. The van der Waals surface area contributed by atoms with Gasteiger partial charge in [-0.2, -0.15) is 0 Å². The van der Waals surface area contributed by atoms with Crippen LogP contribution in [0.4, 0.5) is 0 Å². The zero-order valence-electron chi connectivity index (χ0n) is 40.6. The van der Waals surface area contributed by atoms with E-state index in [1.807, 2.05) is 0 Å². The third-order valence-corrected chi connectivity index (χ3v) is 17.8. The molecule has 11 aromatic rings. The van der Waals surface area contributed by atoms with Crippen LogP contribution < -0.4 is 0 Å². The Balaban J connectivity index is 0.957. The Bertz CT molecular complexity index is 4350. The Kier molecular flexibility index (Phi) is 8.21. The van der Waals surface area contributed by atoms with Crippen molar-refractivity contribution in [3.05, 3.63) is 263 Å². The van der Waals surface area contributed by atoms with Gasteiger partial charge in [0.05, 0.1) is 5.41 Å². The van der Waals surface area contributed by atoms with E-state index in [1.54, 1.807) is 5.57 Å². The predicted octanol–water partition coefficient (Wildman–Crippen LogP) is 19.3. The zero-order valence-corrected chi connectivity index (χ0v) is 40.6. The lowest BCUT2D eigenvalue weighted by atomic mass is 9.66. The smallest absolute Gasteiger partial charge is 0.0734 e. The van der Waals surface area contributed by atoms with Crippen LogP contribution in [0.25, 0.3) is 110 Å². The minimum Gasteiger partial charge on any atom is -0.0839 e. The minimum absolute atomic E-state index is 0.00254. The lowest BCUT2D eigenvalue weighted by molar-refractivity contribution is 0.607. The van der Waals surface area contributed by atoms with Gasteiger partial charge in [0.1, 0.15) is 0 Å². The van der Waals surface area contributed by atoms with E-state index >= 15 is 0 Å². The molecule has 5 aliphatic carbocycles. The topological polar surface area (TPSA) is 0 Å². The van der Waals surface area contributed by atoms with Gasteiger partial charge in [0.15, 0.2) is 0 Å². The first-order valence-electron chi connectivity index (χ1n) is 26.1. The highest BCUT2D eigenvalue weighted by molar-refractivity contribution is 6.24. The summed E-state index contributed by atoms with van der Waals surface area (Å²) < 4.78 is 0. The molecule has 11 aromatic carbocycles. The molecule has 72 heavy (non-hydrogen) atoms. The van der Waals surface area contributed by atoms with Gasteiger partial charge in [-0.1, -0.05) is 220 Å². The van der Waals surface area contributed by atoms with E-state index in [0.29, 0.717) is 0 Å². The van der Waals surface area contributed by atoms with Gasteiger partial charge >= 0.3 is 0 Å². The van der Waals surface area contributed by atoms with E-state index in [1.165, 1.54) is 148 Å². The summed E-state index contributed by atoms with van der Waals surface area (Å²) in [5, 5.41) is 13.0. The molecule has 1 spiro atoms. The lowest BCUT2D eigenvalue weighted by Gasteiger charge is -2.34. The summed E-state index contributed by atoms with van der Waals surface area (Å²) in [6.07, 6.45) is 14.0. The van der Waals surface area contributed by atoms with Crippen molar-refractivity contribution in [2.45, 2.75) is 50.4 Å². The molecule has 0 saturated heterocycles. The predicted molar refractivity (Wildman–Crippen MR) is 306 cm³/mol. The molecule has 0 heteroatoms. The van der Waals surface area contributed by atoms with E-state index in [2.05, 4.69) is 232 Å². The lowest BCUT2D eigenvalue weighted by Crippen LogP contribution is -2.27. The first-order valence-corrected chi connectivity index (χ1v) is 26.1.